The summed E-state index contributed by atoms with van der Waals surface area (Å²) >= 11 is 0. The van der Waals surface area contributed by atoms with E-state index in [-0.39, 0.29) is 12.6 Å². The number of nitrogen functional groups attached to an aromatic ring is 1. The van der Waals surface area contributed by atoms with Crippen LogP contribution in [0.25, 0.3) is 0 Å². The van der Waals surface area contributed by atoms with Crippen molar-refractivity contribution < 1.29 is 5.11 Å². The highest BCUT2D eigenvalue weighted by atomic mass is 16.3. The lowest BCUT2D eigenvalue weighted by atomic mass is 10.1. The Morgan fingerprint density at radius 3 is 2.56 bits per heavy atom. The number of anilines is 2. The van der Waals surface area contributed by atoms with Crippen LogP contribution in [0, 0.1) is 0 Å². The summed E-state index contributed by atoms with van der Waals surface area (Å²) < 4.78 is 0. The van der Waals surface area contributed by atoms with E-state index >= 15 is 0 Å². The molecule has 0 aliphatic rings. The fourth-order valence-electron chi connectivity index (χ4n) is 1.68. The molecule has 18 heavy (non-hydrogen) atoms. The second-order valence-electron chi connectivity index (χ2n) is 4.04. The van der Waals surface area contributed by atoms with E-state index < -0.39 is 0 Å². The molecule has 1 heterocycles. The van der Waals surface area contributed by atoms with E-state index in [0.717, 1.165) is 12.0 Å². The first kappa shape index (κ1) is 12.3. The normalized spacial score (nSPS) is 12.1. The van der Waals surface area contributed by atoms with Gasteiger partial charge in [0.1, 0.15) is 11.6 Å². The van der Waals surface area contributed by atoms with Gasteiger partial charge in [-0.05, 0) is 12.0 Å². The predicted octanol–water partition coefficient (Wildman–Crippen LogP) is 1.07. The van der Waals surface area contributed by atoms with Crippen LogP contribution in [0.2, 0.25) is 0 Å². The van der Waals surface area contributed by atoms with E-state index in [2.05, 4.69) is 15.3 Å². The number of rotatable bonds is 5. The topological polar surface area (TPSA) is 84.1 Å². The highest BCUT2D eigenvalue weighted by Gasteiger charge is 2.09. The second-order valence-corrected chi connectivity index (χ2v) is 4.04. The number of hydrogen-bond donors (Lipinski definition) is 3. The number of hydrogen-bond acceptors (Lipinski definition) is 5. The zero-order valence-electron chi connectivity index (χ0n) is 9.95. The minimum absolute atomic E-state index is 0.0287. The van der Waals surface area contributed by atoms with Gasteiger partial charge in [-0.25, -0.2) is 9.97 Å². The molecule has 2 aromatic rings. The molecule has 5 heteroatoms. The molecule has 1 atom stereocenters. The molecule has 1 aromatic carbocycles. The Balaban J connectivity index is 1.99. The van der Waals surface area contributed by atoms with Crippen LogP contribution < -0.4 is 11.1 Å². The van der Waals surface area contributed by atoms with Crippen molar-refractivity contribution in [3.8, 4) is 0 Å². The first-order valence-corrected chi connectivity index (χ1v) is 5.77. The molecule has 0 spiro atoms. The summed E-state index contributed by atoms with van der Waals surface area (Å²) in [7, 11) is 0. The summed E-state index contributed by atoms with van der Waals surface area (Å²) in [6.45, 7) is 0.0287. The smallest absolute Gasteiger partial charge is 0.144 e. The van der Waals surface area contributed by atoms with Gasteiger partial charge in [0.05, 0.1) is 25.0 Å². The van der Waals surface area contributed by atoms with Crippen LogP contribution in [0.3, 0.4) is 0 Å². The van der Waals surface area contributed by atoms with Crippen LogP contribution in [0.15, 0.2) is 42.7 Å². The minimum atomic E-state index is -0.0923. The van der Waals surface area contributed by atoms with Crippen molar-refractivity contribution in [1.82, 2.24) is 9.97 Å². The molecular formula is C13H16N4O. The van der Waals surface area contributed by atoms with Gasteiger partial charge in [0.15, 0.2) is 0 Å². The van der Waals surface area contributed by atoms with Crippen LogP contribution in [0.4, 0.5) is 11.6 Å². The molecule has 0 aliphatic carbocycles. The highest BCUT2D eigenvalue weighted by molar-refractivity contribution is 5.37. The molecule has 94 valence electrons. The molecule has 0 fully saturated rings. The molecule has 1 aromatic heterocycles. The van der Waals surface area contributed by atoms with Gasteiger partial charge in [0, 0.05) is 0 Å². The monoisotopic (exact) mass is 244 g/mol. The average molecular weight is 244 g/mol. The quantitative estimate of drug-likeness (QED) is 0.732. The van der Waals surface area contributed by atoms with Gasteiger partial charge in [-0.1, -0.05) is 30.3 Å². The molecule has 0 bridgehead atoms. The highest BCUT2D eigenvalue weighted by Crippen LogP contribution is 2.08. The van der Waals surface area contributed by atoms with E-state index in [9.17, 15) is 5.11 Å². The van der Waals surface area contributed by atoms with Crippen molar-refractivity contribution in [1.29, 1.82) is 0 Å². The van der Waals surface area contributed by atoms with E-state index in [1.165, 1.54) is 6.20 Å². The Labute approximate surface area is 106 Å². The maximum Gasteiger partial charge on any atom is 0.144 e. The lowest BCUT2D eigenvalue weighted by molar-refractivity contribution is 0.273. The van der Waals surface area contributed by atoms with E-state index in [1.807, 2.05) is 30.3 Å². The van der Waals surface area contributed by atoms with E-state index in [1.54, 1.807) is 6.20 Å². The van der Waals surface area contributed by atoms with E-state index in [4.69, 9.17) is 5.73 Å². The Bertz CT molecular complexity index is 472. The molecule has 0 saturated heterocycles. The average Bonchev–Trinajstić information content (AvgIpc) is 2.41. The number of nitrogens with one attached hydrogen (secondary N) is 1. The largest absolute Gasteiger partial charge is 0.394 e. The van der Waals surface area contributed by atoms with Crippen molar-refractivity contribution in [2.45, 2.75) is 12.5 Å². The summed E-state index contributed by atoms with van der Waals surface area (Å²) in [5.74, 6) is 0.989. The minimum Gasteiger partial charge on any atom is -0.394 e. The zero-order chi connectivity index (χ0) is 12.8. The number of nitrogens with two attached hydrogens (primary N) is 1. The number of nitrogens with zero attached hydrogens (tertiary/aromatic N) is 2. The van der Waals surface area contributed by atoms with Crippen molar-refractivity contribution in [2.24, 2.45) is 0 Å². The molecule has 1 unspecified atom stereocenters. The van der Waals surface area contributed by atoms with Crippen LogP contribution in [-0.2, 0) is 6.42 Å². The lowest BCUT2D eigenvalue weighted by Gasteiger charge is -2.16. The molecule has 0 aliphatic heterocycles. The molecule has 0 radical (unpaired) electrons. The molecule has 4 N–H and O–H groups in total. The summed E-state index contributed by atoms with van der Waals surface area (Å²) in [5, 5.41) is 12.5. The predicted molar refractivity (Wildman–Crippen MR) is 71.1 cm³/mol. The molecule has 5 nitrogen and oxygen atoms in total. The number of benzene rings is 1. The Hall–Kier alpha value is -2.14. The van der Waals surface area contributed by atoms with Gasteiger partial charge < -0.3 is 16.2 Å². The third-order valence-corrected chi connectivity index (χ3v) is 2.57. The molecule has 0 amide bonds. The first-order chi connectivity index (χ1) is 8.78. The van der Waals surface area contributed by atoms with Gasteiger partial charge in [-0.2, -0.15) is 0 Å². The Morgan fingerprint density at radius 1 is 1.17 bits per heavy atom. The Morgan fingerprint density at radius 2 is 1.94 bits per heavy atom. The number of aromatic nitrogens is 2. The van der Waals surface area contributed by atoms with Crippen LogP contribution in [-0.4, -0.2) is 27.7 Å². The third-order valence-electron chi connectivity index (χ3n) is 2.57. The van der Waals surface area contributed by atoms with Crippen molar-refractivity contribution in [3.63, 3.8) is 0 Å². The van der Waals surface area contributed by atoms with Crippen molar-refractivity contribution in [3.05, 3.63) is 48.3 Å². The summed E-state index contributed by atoms with van der Waals surface area (Å²) in [6, 6.07) is 9.89. The van der Waals surface area contributed by atoms with E-state index in [0.29, 0.717) is 11.6 Å². The number of aliphatic hydroxyl groups is 1. The molecular weight excluding hydrogens is 228 g/mol. The van der Waals surface area contributed by atoms with Gasteiger partial charge in [0.25, 0.3) is 0 Å². The van der Waals surface area contributed by atoms with Crippen LogP contribution in [0.5, 0.6) is 0 Å². The van der Waals surface area contributed by atoms with Crippen LogP contribution in [0.1, 0.15) is 5.56 Å². The molecule has 2 rings (SSSR count). The summed E-state index contributed by atoms with van der Waals surface area (Å²) in [6.07, 6.45) is 3.77. The maximum atomic E-state index is 9.37. The second kappa shape index (κ2) is 5.97. The number of aliphatic hydroxyl groups excluding tert-OH is 1. The third kappa shape index (κ3) is 3.43. The van der Waals surface area contributed by atoms with Crippen molar-refractivity contribution in [2.75, 3.05) is 17.7 Å². The summed E-state index contributed by atoms with van der Waals surface area (Å²) in [5.41, 5.74) is 6.62. The first-order valence-electron chi connectivity index (χ1n) is 5.77. The zero-order valence-corrected chi connectivity index (χ0v) is 9.95. The van der Waals surface area contributed by atoms with Crippen LogP contribution >= 0.6 is 0 Å². The Kier molecular flexibility index (Phi) is 4.09. The lowest BCUT2D eigenvalue weighted by Crippen LogP contribution is -2.26. The summed E-state index contributed by atoms with van der Waals surface area (Å²) in [4.78, 5) is 8.04. The van der Waals surface area contributed by atoms with Gasteiger partial charge in [-0.3, -0.25) is 0 Å². The van der Waals surface area contributed by atoms with Gasteiger partial charge in [-0.15, -0.1) is 0 Å². The van der Waals surface area contributed by atoms with Gasteiger partial charge >= 0.3 is 0 Å². The fraction of sp³-hybridized carbons (Fsp3) is 0.231. The SMILES string of the molecule is Nc1cnc(NC(CO)Cc2ccccc2)cn1. The standard InChI is InChI=1S/C13H16N4O/c14-12-7-16-13(8-15-12)17-11(9-18)6-10-4-2-1-3-5-10/h1-5,7-8,11,18H,6,9H2,(H2,14,15)(H,16,17). The fourth-order valence-corrected chi connectivity index (χ4v) is 1.68. The maximum absolute atomic E-state index is 9.37. The van der Waals surface area contributed by atoms with Crippen molar-refractivity contribution >= 4 is 11.6 Å². The van der Waals surface area contributed by atoms with Gasteiger partial charge in [0.2, 0.25) is 0 Å². The molecule has 0 saturated carbocycles.